The molecule has 0 radical (unpaired) electrons. The van der Waals surface area contributed by atoms with Crippen LogP contribution in [0.25, 0.3) is 5.57 Å². The summed E-state index contributed by atoms with van der Waals surface area (Å²) in [6.07, 6.45) is 5.84. The second kappa shape index (κ2) is 5.91. The van der Waals surface area contributed by atoms with E-state index in [2.05, 4.69) is 77.2 Å². The van der Waals surface area contributed by atoms with Gasteiger partial charge >= 0.3 is 0 Å². The molecule has 0 bridgehead atoms. The molecule has 96 valence electrons. The van der Waals surface area contributed by atoms with E-state index in [9.17, 15) is 0 Å². The average molecular weight is 360 g/mol. The van der Waals surface area contributed by atoms with Crippen LogP contribution in [-0.4, -0.2) is 4.43 Å². The molecule has 0 aromatic heterocycles. The highest BCUT2D eigenvalue weighted by atomic mass is 127. The maximum Gasteiger partial charge on any atom is 0.00302 e. The molecular formula is C18H17I. The van der Waals surface area contributed by atoms with E-state index in [1.165, 1.54) is 32.3 Å². The van der Waals surface area contributed by atoms with Crippen molar-refractivity contribution in [1.29, 1.82) is 0 Å². The molecule has 19 heavy (non-hydrogen) atoms. The molecule has 2 aromatic carbocycles. The molecule has 1 aliphatic carbocycles. The predicted molar refractivity (Wildman–Crippen MR) is 90.9 cm³/mol. The standard InChI is InChI=1S/C18H17I/c19-13-5-10-18-16-8-3-1-6-14(16)11-12-15-7-2-4-9-17(15)18/h1-4,6-10H,5,11-13H2. The number of alkyl halides is 1. The summed E-state index contributed by atoms with van der Waals surface area (Å²) in [5.41, 5.74) is 7.26. The minimum atomic E-state index is 1.14. The molecule has 0 fully saturated rings. The number of hydrogen-bond donors (Lipinski definition) is 0. The van der Waals surface area contributed by atoms with Gasteiger partial charge in [0.15, 0.2) is 0 Å². The molecular weight excluding hydrogens is 343 g/mol. The van der Waals surface area contributed by atoms with Crippen molar-refractivity contribution in [3.05, 3.63) is 76.9 Å². The summed E-state index contributed by atoms with van der Waals surface area (Å²) in [5.74, 6) is 0. The van der Waals surface area contributed by atoms with Crippen molar-refractivity contribution in [2.75, 3.05) is 4.43 Å². The fraction of sp³-hybridized carbons (Fsp3) is 0.222. The summed E-state index contributed by atoms with van der Waals surface area (Å²) in [7, 11) is 0. The molecule has 0 heterocycles. The van der Waals surface area contributed by atoms with Crippen LogP contribution in [0.15, 0.2) is 54.6 Å². The Morgan fingerprint density at radius 2 is 1.37 bits per heavy atom. The Balaban J connectivity index is 2.19. The van der Waals surface area contributed by atoms with Gasteiger partial charge in [-0.3, -0.25) is 0 Å². The first-order chi connectivity index (χ1) is 9.40. The lowest BCUT2D eigenvalue weighted by Gasteiger charge is -2.11. The van der Waals surface area contributed by atoms with Gasteiger partial charge in [-0.15, -0.1) is 0 Å². The molecule has 0 saturated heterocycles. The quantitative estimate of drug-likeness (QED) is 0.520. The van der Waals surface area contributed by atoms with Gasteiger partial charge in [0, 0.05) is 4.43 Å². The first kappa shape index (κ1) is 12.9. The molecule has 0 spiro atoms. The van der Waals surface area contributed by atoms with Crippen molar-refractivity contribution in [2.45, 2.75) is 19.3 Å². The van der Waals surface area contributed by atoms with Crippen LogP contribution in [-0.2, 0) is 12.8 Å². The first-order valence-corrected chi connectivity index (χ1v) is 8.35. The molecule has 0 nitrogen and oxygen atoms in total. The number of allylic oxidation sites excluding steroid dienone is 1. The Morgan fingerprint density at radius 1 is 0.842 bits per heavy atom. The Morgan fingerprint density at radius 3 is 1.89 bits per heavy atom. The lowest BCUT2D eigenvalue weighted by molar-refractivity contribution is 0.965. The van der Waals surface area contributed by atoms with Crippen molar-refractivity contribution in [3.8, 4) is 0 Å². The van der Waals surface area contributed by atoms with Gasteiger partial charge < -0.3 is 0 Å². The summed E-state index contributed by atoms with van der Waals surface area (Å²) in [6.45, 7) is 0. The van der Waals surface area contributed by atoms with Crippen molar-refractivity contribution < 1.29 is 0 Å². The zero-order chi connectivity index (χ0) is 13.1. The molecule has 0 atom stereocenters. The van der Waals surface area contributed by atoms with E-state index in [0.717, 1.165) is 19.3 Å². The third kappa shape index (κ3) is 2.62. The van der Waals surface area contributed by atoms with Crippen LogP contribution < -0.4 is 0 Å². The van der Waals surface area contributed by atoms with Crippen molar-refractivity contribution >= 4 is 28.2 Å². The molecule has 0 saturated carbocycles. The Labute approximate surface area is 128 Å². The zero-order valence-corrected chi connectivity index (χ0v) is 13.1. The summed E-state index contributed by atoms with van der Waals surface area (Å²) >= 11 is 2.45. The van der Waals surface area contributed by atoms with Gasteiger partial charge in [0.05, 0.1) is 0 Å². The third-order valence-electron chi connectivity index (χ3n) is 3.74. The van der Waals surface area contributed by atoms with Crippen LogP contribution in [0.5, 0.6) is 0 Å². The van der Waals surface area contributed by atoms with Crippen molar-refractivity contribution in [2.24, 2.45) is 0 Å². The van der Waals surface area contributed by atoms with Gasteiger partial charge in [-0.1, -0.05) is 77.2 Å². The van der Waals surface area contributed by atoms with Crippen molar-refractivity contribution in [1.82, 2.24) is 0 Å². The topological polar surface area (TPSA) is 0 Å². The SMILES string of the molecule is ICCC=C1c2ccccc2CCc2ccccc21. The van der Waals surface area contributed by atoms with Gasteiger partial charge in [-0.2, -0.15) is 0 Å². The van der Waals surface area contributed by atoms with Crippen LogP contribution in [0, 0.1) is 0 Å². The largest absolute Gasteiger partial charge is 0.0860 e. The minimum Gasteiger partial charge on any atom is -0.0860 e. The highest BCUT2D eigenvalue weighted by molar-refractivity contribution is 14.1. The summed E-state index contributed by atoms with van der Waals surface area (Å²) in [4.78, 5) is 0. The Kier molecular flexibility index (Phi) is 4.02. The van der Waals surface area contributed by atoms with Crippen LogP contribution in [0.1, 0.15) is 28.7 Å². The monoisotopic (exact) mass is 360 g/mol. The van der Waals surface area contributed by atoms with E-state index in [4.69, 9.17) is 0 Å². The van der Waals surface area contributed by atoms with Crippen molar-refractivity contribution in [3.63, 3.8) is 0 Å². The van der Waals surface area contributed by atoms with Crippen LogP contribution in [0.2, 0.25) is 0 Å². The highest BCUT2D eigenvalue weighted by Crippen LogP contribution is 2.33. The van der Waals surface area contributed by atoms with Crippen LogP contribution in [0.4, 0.5) is 0 Å². The Hall–Kier alpha value is -1.09. The van der Waals surface area contributed by atoms with E-state index in [0.29, 0.717) is 0 Å². The number of rotatable bonds is 2. The second-order valence-corrected chi connectivity index (χ2v) is 5.99. The van der Waals surface area contributed by atoms with Crippen LogP contribution >= 0.6 is 22.6 Å². The van der Waals surface area contributed by atoms with E-state index < -0.39 is 0 Å². The molecule has 0 amide bonds. The molecule has 1 heteroatoms. The number of benzene rings is 2. The summed E-state index contributed by atoms with van der Waals surface area (Å²) in [6, 6.07) is 17.7. The van der Waals surface area contributed by atoms with Gasteiger partial charge in [0.25, 0.3) is 0 Å². The molecule has 0 unspecified atom stereocenters. The highest BCUT2D eigenvalue weighted by Gasteiger charge is 2.16. The normalized spacial score (nSPS) is 13.4. The van der Waals surface area contributed by atoms with Gasteiger partial charge in [-0.25, -0.2) is 0 Å². The molecule has 0 N–H and O–H groups in total. The lowest BCUT2D eigenvalue weighted by atomic mass is 9.93. The smallest absolute Gasteiger partial charge is 0.00302 e. The van der Waals surface area contributed by atoms with E-state index in [1.807, 2.05) is 0 Å². The van der Waals surface area contributed by atoms with E-state index >= 15 is 0 Å². The molecule has 2 aromatic rings. The fourth-order valence-corrected chi connectivity index (χ4v) is 3.15. The van der Waals surface area contributed by atoms with Gasteiger partial charge in [0.1, 0.15) is 0 Å². The second-order valence-electron chi connectivity index (χ2n) is 4.91. The summed E-state index contributed by atoms with van der Waals surface area (Å²) < 4.78 is 1.17. The minimum absolute atomic E-state index is 1.14. The summed E-state index contributed by atoms with van der Waals surface area (Å²) in [5, 5.41) is 0. The van der Waals surface area contributed by atoms with Crippen LogP contribution in [0.3, 0.4) is 0 Å². The number of hydrogen-bond acceptors (Lipinski definition) is 0. The maximum atomic E-state index is 2.45. The lowest BCUT2D eigenvalue weighted by Crippen LogP contribution is -1.92. The number of fused-ring (bicyclic) bond motifs is 2. The first-order valence-electron chi connectivity index (χ1n) is 6.83. The van der Waals surface area contributed by atoms with E-state index in [-0.39, 0.29) is 0 Å². The predicted octanol–water partition coefficient (Wildman–Crippen LogP) is 5.04. The molecule has 1 aliphatic rings. The Bertz CT molecular complexity index is 561. The molecule has 0 aliphatic heterocycles. The van der Waals surface area contributed by atoms with Gasteiger partial charge in [-0.05, 0) is 47.1 Å². The fourth-order valence-electron chi connectivity index (χ4n) is 2.84. The molecule has 3 rings (SSSR count). The number of aryl methyl sites for hydroxylation is 2. The average Bonchev–Trinajstić information content (AvgIpc) is 2.62. The number of halogens is 1. The van der Waals surface area contributed by atoms with Gasteiger partial charge in [0.2, 0.25) is 0 Å². The third-order valence-corrected chi connectivity index (χ3v) is 4.36. The zero-order valence-electron chi connectivity index (χ0n) is 10.9. The van der Waals surface area contributed by atoms with E-state index in [1.54, 1.807) is 0 Å². The maximum absolute atomic E-state index is 2.45.